The van der Waals surface area contributed by atoms with Crippen molar-refractivity contribution >= 4 is 0 Å². The Balaban J connectivity index is 2.22. The minimum atomic E-state index is 0.0893. The summed E-state index contributed by atoms with van der Waals surface area (Å²) >= 11 is 0. The lowest BCUT2D eigenvalue weighted by molar-refractivity contribution is 0.0594. The third-order valence-electron chi connectivity index (χ3n) is 4.64. The highest BCUT2D eigenvalue weighted by atomic mass is 15.2. The van der Waals surface area contributed by atoms with Crippen LogP contribution in [-0.4, -0.2) is 40.1 Å². The minimum Gasteiger partial charge on any atom is -0.334 e. The monoisotopic (exact) mass is 278 g/mol. The van der Waals surface area contributed by atoms with Gasteiger partial charge in [-0.1, -0.05) is 13.3 Å². The van der Waals surface area contributed by atoms with Crippen LogP contribution in [0.5, 0.6) is 0 Å². The van der Waals surface area contributed by atoms with Crippen LogP contribution in [-0.2, 0) is 6.54 Å². The van der Waals surface area contributed by atoms with E-state index in [0.717, 1.165) is 13.0 Å². The smallest absolute Gasteiger partial charge is 0.127 e. The molecule has 1 saturated heterocycles. The Morgan fingerprint density at radius 3 is 2.60 bits per heavy atom. The normalized spacial score (nSPS) is 19.2. The van der Waals surface area contributed by atoms with Crippen molar-refractivity contribution in [1.29, 1.82) is 0 Å². The molecule has 1 unspecified atom stereocenters. The van der Waals surface area contributed by atoms with E-state index in [9.17, 15) is 0 Å². The number of likely N-dealkylation sites (N-methyl/N-ethyl adjacent to an activating group) is 1. The highest BCUT2D eigenvalue weighted by Gasteiger charge is 2.38. The van der Waals surface area contributed by atoms with Gasteiger partial charge in [-0.25, -0.2) is 4.98 Å². The van der Waals surface area contributed by atoms with Crippen molar-refractivity contribution in [2.45, 2.75) is 64.6 Å². The standard InChI is InChI=1S/C16H30N4/c1-5-10-19-13-9-18-15(19)14(17-4)16(2,3)20-11-7-6-8-12-20/h9,13-14,17H,5-8,10-12H2,1-4H3. The van der Waals surface area contributed by atoms with E-state index >= 15 is 0 Å². The topological polar surface area (TPSA) is 33.1 Å². The molecule has 4 heteroatoms. The third-order valence-corrected chi connectivity index (χ3v) is 4.64. The maximum atomic E-state index is 4.64. The zero-order chi connectivity index (χ0) is 14.6. The van der Waals surface area contributed by atoms with Gasteiger partial charge in [0.15, 0.2) is 0 Å². The SMILES string of the molecule is CCCn1ccnc1C(NC)C(C)(C)N1CCCCC1. The summed E-state index contributed by atoms with van der Waals surface area (Å²) in [6.07, 6.45) is 9.20. The molecule has 0 aliphatic carbocycles. The first-order valence-corrected chi connectivity index (χ1v) is 8.04. The quantitative estimate of drug-likeness (QED) is 0.868. The fourth-order valence-corrected chi connectivity index (χ4v) is 3.46. The molecule has 2 rings (SSSR count). The molecule has 2 heterocycles. The van der Waals surface area contributed by atoms with Crippen molar-refractivity contribution in [3.05, 3.63) is 18.2 Å². The number of piperidine rings is 1. The first-order chi connectivity index (χ1) is 9.61. The molecule has 0 amide bonds. The van der Waals surface area contributed by atoms with Crippen LogP contribution < -0.4 is 5.32 Å². The van der Waals surface area contributed by atoms with E-state index in [4.69, 9.17) is 0 Å². The summed E-state index contributed by atoms with van der Waals surface area (Å²) in [5, 5.41) is 3.52. The number of nitrogens with one attached hydrogen (secondary N) is 1. The second-order valence-corrected chi connectivity index (χ2v) is 6.40. The molecule has 20 heavy (non-hydrogen) atoms. The molecule has 0 radical (unpaired) electrons. The predicted molar refractivity (Wildman–Crippen MR) is 83.8 cm³/mol. The molecule has 1 N–H and O–H groups in total. The van der Waals surface area contributed by atoms with Gasteiger partial charge in [0.1, 0.15) is 5.82 Å². The van der Waals surface area contributed by atoms with Gasteiger partial charge in [0.25, 0.3) is 0 Å². The molecule has 1 aliphatic heterocycles. The lowest BCUT2D eigenvalue weighted by Gasteiger charge is -2.45. The van der Waals surface area contributed by atoms with Gasteiger partial charge in [0.05, 0.1) is 6.04 Å². The summed E-state index contributed by atoms with van der Waals surface area (Å²) in [5.41, 5.74) is 0.0893. The molecule has 0 spiro atoms. The number of aryl methyl sites for hydroxylation is 1. The molecular formula is C16H30N4. The van der Waals surface area contributed by atoms with E-state index in [2.05, 4.69) is 53.8 Å². The van der Waals surface area contributed by atoms with E-state index in [0.29, 0.717) is 0 Å². The van der Waals surface area contributed by atoms with Gasteiger partial charge in [-0.2, -0.15) is 0 Å². The molecule has 1 aliphatic rings. The Kier molecular flexibility index (Phi) is 5.22. The third kappa shape index (κ3) is 3.07. The Labute approximate surface area is 123 Å². The number of hydrogen-bond donors (Lipinski definition) is 1. The summed E-state index contributed by atoms with van der Waals surface area (Å²) in [6.45, 7) is 10.4. The highest BCUT2D eigenvalue weighted by Crippen LogP contribution is 2.32. The van der Waals surface area contributed by atoms with E-state index in [-0.39, 0.29) is 11.6 Å². The Morgan fingerprint density at radius 1 is 1.30 bits per heavy atom. The maximum absolute atomic E-state index is 4.64. The van der Waals surface area contributed by atoms with Crippen molar-refractivity contribution in [2.24, 2.45) is 0 Å². The van der Waals surface area contributed by atoms with Gasteiger partial charge < -0.3 is 9.88 Å². The van der Waals surface area contributed by atoms with Crippen LogP contribution in [0.1, 0.15) is 58.3 Å². The van der Waals surface area contributed by atoms with Crippen molar-refractivity contribution in [1.82, 2.24) is 19.8 Å². The Morgan fingerprint density at radius 2 is 2.00 bits per heavy atom. The van der Waals surface area contributed by atoms with E-state index < -0.39 is 0 Å². The summed E-state index contributed by atoms with van der Waals surface area (Å²) in [7, 11) is 2.06. The number of rotatable bonds is 6. The number of hydrogen-bond acceptors (Lipinski definition) is 3. The average Bonchev–Trinajstić information content (AvgIpc) is 2.89. The molecular weight excluding hydrogens is 248 g/mol. The molecule has 114 valence electrons. The second kappa shape index (κ2) is 6.72. The summed E-state index contributed by atoms with van der Waals surface area (Å²) in [5.74, 6) is 1.17. The minimum absolute atomic E-state index is 0.0893. The highest BCUT2D eigenvalue weighted by molar-refractivity contribution is 5.08. The lowest BCUT2D eigenvalue weighted by Crippen LogP contribution is -2.54. The zero-order valence-electron chi connectivity index (χ0n) is 13.5. The van der Waals surface area contributed by atoms with Gasteiger partial charge >= 0.3 is 0 Å². The van der Waals surface area contributed by atoms with E-state index in [1.54, 1.807) is 0 Å². The first-order valence-electron chi connectivity index (χ1n) is 8.04. The molecule has 1 aromatic rings. The molecule has 0 saturated carbocycles. The summed E-state index contributed by atoms with van der Waals surface area (Å²) in [6, 6.07) is 0.266. The van der Waals surface area contributed by atoms with Gasteiger partial charge in [0.2, 0.25) is 0 Å². The average molecular weight is 278 g/mol. The Hall–Kier alpha value is -0.870. The lowest BCUT2D eigenvalue weighted by atomic mass is 9.89. The number of likely N-dealkylation sites (tertiary alicyclic amines) is 1. The Bertz CT molecular complexity index is 404. The van der Waals surface area contributed by atoms with Crippen LogP contribution in [0.4, 0.5) is 0 Å². The van der Waals surface area contributed by atoms with Crippen molar-refractivity contribution in [3.8, 4) is 0 Å². The van der Waals surface area contributed by atoms with Crippen molar-refractivity contribution in [2.75, 3.05) is 20.1 Å². The predicted octanol–water partition coefficient (Wildman–Crippen LogP) is 2.82. The van der Waals surface area contributed by atoms with Crippen LogP contribution in [0, 0.1) is 0 Å². The van der Waals surface area contributed by atoms with Crippen LogP contribution >= 0.6 is 0 Å². The van der Waals surface area contributed by atoms with Gasteiger partial charge in [0, 0.05) is 24.5 Å². The number of nitrogens with zero attached hydrogens (tertiary/aromatic N) is 3. The number of imidazole rings is 1. The molecule has 4 nitrogen and oxygen atoms in total. The largest absolute Gasteiger partial charge is 0.334 e. The summed E-state index contributed by atoms with van der Waals surface area (Å²) < 4.78 is 2.30. The second-order valence-electron chi connectivity index (χ2n) is 6.40. The number of aromatic nitrogens is 2. The molecule has 0 bridgehead atoms. The molecule has 1 atom stereocenters. The maximum Gasteiger partial charge on any atom is 0.127 e. The van der Waals surface area contributed by atoms with E-state index in [1.807, 2.05) is 6.20 Å². The van der Waals surface area contributed by atoms with Crippen LogP contribution in [0.2, 0.25) is 0 Å². The van der Waals surface area contributed by atoms with Gasteiger partial charge in [-0.15, -0.1) is 0 Å². The molecule has 1 fully saturated rings. The van der Waals surface area contributed by atoms with Crippen molar-refractivity contribution < 1.29 is 0 Å². The van der Waals surface area contributed by atoms with Crippen LogP contribution in [0.25, 0.3) is 0 Å². The fourth-order valence-electron chi connectivity index (χ4n) is 3.46. The van der Waals surface area contributed by atoms with Crippen LogP contribution in [0.3, 0.4) is 0 Å². The van der Waals surface area contributed by atoms with Gasteiger partial charge in [-0.3, -0.25) is 4.90 Å². The zero-order valence-corrected chi connectivity index (χ0v) is 13.5. The van der Waals surface area contributed by atoms with Crippen LogP contribution in [0.15, 0.2) is 12.4 Å². The molecule has 0 aromatic carbocycles. The molecule has 1 aromatic heterocycles. The van der Waals surface area contributed by atoms with Crippen molar-refractivity contribution in [3.63, 3.8) is 0 Å². The first kappa shape index (κ1) is 15.5. The summed E-state index contributed by atoms with van der Waals surface area (Å²) in [4.78, 5) is 7.27. The fraction of sp³-hybridized carbons (Fsp3) is 0.812. The van der Waals surface area contributed by atoms with Gasteiger partial charge in [-0.05, 0) is 53.2 Å². The van der Waals surface area contributed by atoms with E-state index in [1.165, 1.54) is 38.2 Å².